The van der Waals surface area contributed by atoms with Crippen molar-refractivity contribution < 1.29 is 22.4 Å². The van der Waals surface area contributed by atoms with Crippen LogP contribution in [0.5, 0.6) is 0 Å². The molecule has 0 aliphatic heterocycles. The van der Waals surface area contributed by atoms with Crippen molar-refractivity contribution in [2.24, 2.45) is 0 Å². The standard InChI is InChI=1S/C18H13F3N2O2/c19-18(20,21)14-7-5-12(6-8-14)17(24)23-11-13-3-1-9-22-16(13)15-4-2-10-25-15/h1-10H,11H2,(H,23,24). The molecule has 0 saturated heterocycles. The zero-order valence-electron chi connectivity index (χ0n) is 12.9. The smallest absolute Gasteiger partial charge is 0.416 e. The summed E-state index contributed by atoms with van der Waals surface area (Å²) in [5, 5.41) is 2.67. The Balaban J connectivity index is 1.71. The summed E-state index contributed by atoms with van der Waals surface area (Å²) in [7, 11) is 0. The molecule has 0 bridgehead atoms. The van der Waals surface area contributed by atoms with Gasteiger partial charge in [-0.05, 0) is 42.5 Å². The Morgan fingerprint density at radius 2 is 1.84 bits per heavy atom. The Labute approximate surface area is 141 Å². The molecule has 2 heterocycles. The third-order valence-electron chi connectivity index (χ3n) is 3.56. The normalized spacial score (nSPS) is 11.3. The number of hydrogen-bond acceptors (Lipinski definition) is 3. The molecule has 1 amide bonds. The number of alkyl halides is 3. The number of benzene rings is 1. The molecule has 0 spiro atoms. The van der Waals surface area contributed by atoms with Crippen LogP contribution in [0, 0.1) is 0 Å². The van der Waals surface area contributed by atoms with Crippen LogP contribution in [0.3, 0.4) is 0 Å². The van der Waals surface area contributed by atoms with Gasteiger partial charge in [0.15, 0.2) is 5.76 Å². The topological polar surface area (TPSA) is 55.1 Å². The van der Waals surface area contributed by atoms with Gasteiger partial charge in [0.05, 0.1) is 11.8 Å². The first-order valence-electron chi connectivity index (χ1n) is 7.38. The lowest BCUT2D eigenvalue weighted by atomic mass is 10.1. The van der Waals surface area contributed by atoms with Crippen molar-refractivity contribution in [2.45, 2.75) is 12.7 Å². The van der Waals surface area contributed by atoms with Crippen molar-refractivity contribution in [3.63, 3.8) is 0 Å². The van der Waals surface area contributed by atoms with Crippen molar-refractivity contribution in [3.8, 4) is 11.5 Å². The van der Waals surface area contributed by atoms with E-state index in [2.05, 4.69) is 10.3 Å². The van der Waals surface area contributed by atoms with Crippen molar-refractivity contribution in [2.75, 3.05) is 0 Å². The Bertz CT molecular complexity index is 857. The van der Waals surface area contributed by atoms with E-state index in [-0.39, 0.29) is 12.1 Å². The van der Waals surface area contributed by atoms with E-state index in [1.807, 2.05) is 0 Å². The van der Waals surface area contributed by atoms with Gasteiger partial charge in [-0.25, -0.2) is 0 Å². The second-order valence-corrected chi connectivity index (χ2v) is 5.25. The van der Waals surface area contributed by atoms with Gasteiger partial charge in [-0.2, -0.15) is 13.2 Å². The first kappa shape index (κ1) is 16.8. The van der Waals surface area contributed by atoms with Gasteiger partial charge in [-0.1, -0.05) is 6.07 Å². The van der Waals surface area contributed by atoms with Crippen molar-refractivity contribution >= 4 is 5.91 Å². The predicted octanol–water partition coefficient (Wildman–Crippen LogP) is 4.29. The van der Waals surface area contributed by atoms with Gasteiger partial charge in [0, 0.05) is 23.9 Å². The molecule has 0 aliphatic carbocycles. The molecular formula is C18H13F3N2O2. The lowest BCUT2D eigenvalue weighted by Gasteiger charge is -2.10. The summed E-state index contributed by atoms with van der Waals surface area (Å²) in [6.07, 6.45) is -1.30. The van der Waals surface area contributed by atoms with Crippen LogP contribution in [0.1, 0.15) is 21.5 Å². The van der Waals surface area contributed by atoms with Crippen molar-refractivity contribution in [1.82, 2.24) is 10.3 Å². The highest BCUT2D eigenvalue weighted by Gasteiger charge is 2.30. The molecule has 7 heteroatoms. The van der Waals surface area contributed by atoms with Gasteiger partial charge in [0.25, 0.3) is 5.91 Å². The molecule has 0 unspecified atom stereocenters. The summed E-state index contributed by atoms with van der Waals surface area (Å²) in [5.74, 6) is 0.0994. The first-order chi connectivity index (χ1) is 11.9. The van der Waals surface area contributed by atoms with E-state index in [4.69, 9.17) is 4.42 Å². The summed E-state index contributed by atoms with van der Waals surface area (Å²) in [6.45, 7) is 0.170. The molecule has 0 atom stereocenters. The van der Waals surface area contributed by atoms with Crippen LogP contribution in [0.2, 0.25) is 0 Å². The van der Waals surface area contributed by atoms with E-state index < -0.39 is 17.6 Å². The summed E-state index contributed by atoms with van der Waals surface area (Å²) in [5.41, 5.74) is 0.686. The highest BCUT2D eigenvalue weighted by atomic mass is 19.4. The summed E-state index contributed by atoms with van der Waals surface area (Å²) in [4.78, 5) is 16.4. The Morgan fingerprint density at radius 3 is 2.48 bits per heavy atom. The highest BCUT2D eigenvalue weighted by Crippen LogP contribution is 2.29. The van der Waals surface area contributed by atoms with Crippen LogP contribution < -0.4 is 5.32 Å². The van der Waals surface area contributed by atoms with Gasteiger partial charge in [-0.3, -0.25) is 9.78 Å². The Morgan fingerprint density at radius 1 is 1.08 bits per heavy atom. The lowest BCUT2D eigenvalue weighted by molar-refractivity contribution is -0.137. The van der Waals surface area contributed by atoms with E-state index in [0.29, 0.717) is 11.5 Å². The van der Waals surface area contributed by atoms with E-state index >= 15 is 0 Å². The van der Waals surface area contributed by atoms with E-state index in [9.17, 15) is 18.0 Å². The van der Waals surface area contributed by atoms with E-state index in [0.717, 1.165) is 29.8 Å². The number of carbonyl (C=O) groups excluding carboxylic acids is 1. The molecular weight excluding hydrogens is 333 g/mol. The van der Waals surface area contributed by atoms with Gasteiger partial charge < -0.3 is 9.73 Å². The van der Waals surface area contributed by atoms with Crippen molar-refractivity contribution in [1.29, 1.82) is 0 Å². The van der Waals surface area contributed by atoms with Crippen LogP contribution in [0.25, 0.3) is 11.5 Å². The van der Waals surface area contributed by atoms with Crippen LogP contribution in [-0.2, 0) is 12.7 Å². The molecule has 1 aromatic carbocycles. The van der Waals surface area contributed by atoms with E-state index in [1.165, 1.54) is 6.26 Å². The molecule has 3 aromatic rings. The number of furan rings is 1. The van der Waals surface area contributed by atoms with Gasteiger partial charge in [-0.15, -0.1) is 0 Å². The maximum Gasteiger partial charge on any atom is 0.416 e. The Kier molecular flexibility index (Phi) is 4.56. The van der Waals surface area contributed by atoms with Crippen molar-refractivity contribution in [3.05, 3.63) is 77.7 Å². The number of aromatic nitrogens is 1. The van der Waals surface area contributed by atoms with Gasteiger partial charge in [0.2, 0.25) is 0 Å². The highest BCUT2D eigenvalue weighted by molar-refractivity contribution is 5.94. The fourth-order valence-electron chi connectivity index (χ4n) is 2.30. The quantitative estimate of drug-likeness (QED) is 0.767. The zero-order valence-corrected chi connectivity index (χ0v) is 12.9. The molecule has 0 aliphatic rings. The molecule has 1 N–H and O–H groups in total. The summed E-state index contributed by atoms with van der Waals surface area (Å²) < 4.78 is 43.0. The fourth-order valence-corrected chi connectivity index (χ4v) is 2.30. The van der Waals surface area contributed by atoms with Gasteiger partial charge in [0.1, 0.15) is 5.69 Å². The molecule has 0 saturated carbocycles. The average Bonchev–Trinajstić information content (AvgIpc) is 3.14. The summed E-state index contributed by atoms with van der Waals surface area (Å²) in [6, 6.07) is 11.1. The van der Waals surface area contributed by atoms with Crippen LogP contribution >= 0.6 is 0 Å². The number of nitrogens with one attached hydrogen (secondary N) is 1. The largest absolute Gasteiger partial charge is 0.463 e. The van der Waals surface area contributed by atoms with Crippen LogP contribution in [0.4, 0.5) is 13.2 Å². The minimum atomic E-state index is -4.43. The number of halogens is 3. The fraction of sp³-hybridized carbons (Fsp3) is 0.111. The maximum absolute atomic E-state index is 12.6. The predicted molar refractivity (Wildman–Crippen MR) is 84.6 cm³/mol. The third kappa shape index (κ3) is 3.88. The molecule has 2 aromatic heterocycles. The van der Waals surface area contributed by atoms with Crippen LogP contribution in [-0.4, -0.2) is 10.9 Å². The number of hydrogen-bond donors (Lipinski definition) is 1. The summed E-state index contributed by atoms with van der Waals surface area (Å²) >= 11 is 0. The van der Waals surface area contributed by atoms with Crippen LogP contribution in [0.15, 0.2) is 65.4 Å². The monoisotopic (exact) mass is 346 g/mol. The molecule has 25 heavy (non-hydrogen) atoms. The molecule has 0 radical (unpaired) electrons. The maximum atomic E-state index is 12.6. The first-order valence-corrected chi connectivity index (χ1v) is 7.38. The Hall–Kier alpha value is -3.09. The zero-order chi connectivity index (χ0) is 17.9. The van der Waals surface area contributed by atoms with E-state index in [1.54, 1.807) is 30.5 Å². The minimum Gasteiger partial charge on any atom is -0.463 e. The second kappa shape index (κ2) is 6.80. The number of pyridine rings is 1. The van der Waals surface area contributed by atoms with Gasteiger partial charge >= 0.3 is 6.18 Å². The number of amides is 1. The lowest BCUT2D eigenvalue weighted by Crippen LogP contribution is -2.23. The number of nitrogens with zero attached hydrogens (tertiary/aromatic N) is 1. The SMILES string of the molecule is O=C(NCc1cccnc1-c1ccco1)c1ccc(C(F)(F)F)cc1. The second-order valence-electron chi connectivity index (χ2n) is 5.25. The number of rotatable bonds is 4. The molecule has 4 nitrogen and oxygen atoms in total. The molecule has 0 fully saturated rings. The molecule has 3 rings (SSSR count). The third-order valence-corrected chi connectivity index (χ3v) is 3.56. The average molecular weight is 346 g/mol. The molecule has 128 valence electrons. The minimum absolute atomic E-state index is 0.149. The number of carbonyl (C=O) groups is 1.